The molecule has 32 heavy (non-hydrogen) atoms. The molecule has 0 aliphatic carbocycles. The van der Waals surface area contributed by atoms with Crippen molar-refractivity contribution < 1.29 is 9.59 Å². The third-order valence-electron chi connectivity index (χ3n) is 6.57. The average Bonchev–Trinajstić information content (AvgIpc) is 3.33. The maximum absolute atomic E-state index is 13.0. The molecule has 2 unspecified atom stereocenters. The van der Waals surface area contributed by atoms with Crippen LogP contribution in [0.5, 0.6) is 0 Å². The van der Waals surface area contributed by atoms with Crippen molar-refractivity contribution in [2.24, 2.45) is 11.8 Å². The Hall–Kier alpha value is -2.57. The zero-order chi connectivity index (χ0) is 22.8. The molecule has 0 bridgehead atoms. The number of nitrogens with zero attached hydrogens (tertiary/aromatic N) is 3. The van der Waals surface area contributed by atoms with Gasteiger partial charge in [-0.2, -0.15) is 0 Å². The van der Waals surface area contributed by atoms with E-state index in [1.807, 2.05) is 67.2 Å². The van der Waals surface area contributed by atoms with Gasteiger partial charge in [0.2, 0.25) is 5.91 Å². The van der Waals surface area contributed by atoms with Gasteiger partial charge in [-0.1, -0.05) is 23.7 Å². The second-order valence-electron chi connectivity index (χ2n) is 9.20. The van der Waals surface area contributed by atoms with Gasteiger partial charge in [-0.05, 0) is 54.7 Å². The highest BCUT2D eigenvalue weighted by Gasteiger charge is 2.41. The molecule has 2 heterocycles. The molecule has 2 aromatic rings. The van der Waals surface area contributed by atoms with E-state index in [0.29, 0.717) is 23.3 Å². The Morgan fingerprint density at radius 3 is 2.44 bits per heavy atom. The van der Waals surface area contributed by atoms with Crippen LogP contribution in [-0.4, -0.2) is 68.4 Å². The third-order valence-corrected chi connectivity index (χ3v) is 6.98. The zero-order valence-corrected chi connectivity index (χ0v) is 19.7. The van der Waals surface area contributed by atoms with Crippen molar-refractivity contribution in [3.8, 4) is 0 Å². The molecule has 2 aliphatic heterocycles. The van der Waals surface area contributed by atoms with Gasteiger partial charge in [-0.3, -0.25) is 9.59 Å². The van der Waals surface area contributed by atoms with Crippen LogP contribution in [0.3, 0.4) is 0 Å². The number of hydrogen-bond donors (Lipinski definition) is 1. The maximum Gasteiger partial charge on any atom is 0.253 e. The van der Waals surface area contributed by atoms with Crippen LogP contribution in [-0.2, 0) is 4.79 Å². The monoisotopic (exact) mass is 454 g/mol. The highest BCUT2D eigenvalue weighted by atomic mass is 35.5. The smallest absolute Gasteiger partial charge is 0.253 e. The van der Waals surface area contributed by atoms with Crippen LogP contribution < -0.4 is 10.2 Å². The Balaban J connectivity index is 1.25. The minimum absolute atomic E-state index is 0.000410. The SMILES string of the molecule is Cc1ccc(NC(=O)CCN2CC3CN(C(=O)c4cccc(N(C)C)c4)CC3C2)cc1Cl. The van der Waals surface area contributed by atoms with Crippen LogP contribution in [0, 0.1) is 18.8 Å². The molecule has 6 nitrogen and oxygen atoms in total. The predicted molar refractivity (Wildman–Crippen MR) is 130 cm³/mol. The lowest BCUT2D eigenvalue weighted by Crippen LogP contribution is -2.34. The van der Waals surface area contributed by atoms with E-state index in [0.717, 1.165) is 55.2 Å². The molecular weight excluding hydrogens is 424 g/mol. The van der Waals surface area contributed by atoms with Gasteiger partial charge in [-0.25, -0.2) is 0 Å². The maximum atomic E-state index is 13.0. The lowest BCUT2D eigenvalue weighted by molar-refractivity contribution is -0.116. The number of rotatable bonds is 6. The van der Waals surface area contributed by atoms with Crippen molar-refractivity contribution in [3.63, 3.8) is 0 Å². The second-order valence-corrected chi connectivity index (χ2v) is 9.60. The molecule has 1 N–H and O–H groups in total. The van der Waals surface area contributed by atoms with Gasteiger partial charge >= 0.3 is 0 Å². The molecule has 0 radical (unpaired) electrons. The first-order chi connectivity index (χ1) is 15.3. The highest BCUT2D eigenvalue weighted by molar-refractivity contribution is 6.31. The minimum atomic E-state index is -0.000410. The molecule has 2 amide bonds. The van der Waals surface area contributed by atoms with Gasteiger partial charge in [0.05, 0.1) is 0 Å². The molecule has 2 aromatic carbocycles. The number of likely N-dealkylation sites (tertiary alicyclic amines) is 2. The molecule has 2 fully saturated rings. The molecule has 2 saturated heterocycles. The standard InChI is InChI=1S/C25H31ClN4O2/c1-17-7-8-21(12-23(17)26)27-24(31)9-10-29-13-19-15-30(16-20(19)14-29)25(32)18-5-4-6-22(11-18)28(2)3/h4-8,11-12,19-20H,9-10,13-16H2,1-3H3,(H,27,31). The van der Waals surface area contributed by atoms with Crippen molar-refractivity contribution in [2.75, 3.05) is 57.0 Å². The summed E-state index contributed by atoms with van der Waals surface area (Å²) in [6.07, 6.45) is 0.449. The number of aryl methyl sites for hydroxylation is 1. The van der Waals surface area contributed by atoms with Crippen LogP contribution in [0.25, 0.3) is 0 Å². The fourth-order valence-electron chi connectivity index (χ4n) is 4.69. The number of amides is 2. The Labute approximate surface area is 195 Å². The van der Waals surface area contributed by atoms with E-state index in [2.05, 4.69) is 10.2 Å². The lowest BCUT2D eigenvalue weighted by Gasteiger charge is -2.22. The number of hydrogen-bond acceptors (Lipinski definition) is 4. The van der Waals surface area contributed by atoms with Crippen molar-refractivity contribution in [2.45, 2.75) is 13.3 Å². The summed E-state index contributed by atoms with van der Waals surface area (Å²) in [4.78, 5) is 31.7. The lowest BCUT2D eigenvalue weighted by atomic mass is 10.0. The summed E-state index contributed by atoms with van der Waals surface area (Å²) in [7, 11) is 3.96. The summed E-state index contributed by atoms with van der Waals surface area (Å²) in [6, 6.07) is 13.4. The molecule has 4 rings (SSSR count). The molecule has 0 saturated carbocycles. The number of carbonyl (C=O) groups excluding carboxylic acids is 2. The summed E-state index contributed by atoms with van der Waals surface area (Å²) in [5, 5.41) is 3.59. The van der Waals surface area contributed by atoms with E-state index in [-0.39, 0.29) is 11.8 Å². The quantitative estimate of drug-likeness (QED) is 0.722. The van der Waals surface area contributed by atoms with Gasteiger partial charge in [0, 0.05) is 75.2 Å². The van der Waals surface area contributed by atoms with E-state index >= 15 is 0 Å². The minimum Gasteiger partial charge on any atom is -0.378 e. The summed E-state index contributed by atoms with van der Waals surface area (Å²) in [6.45, 7) is 6.14. The first kappa shape index (κ1) is 22.6. The van der Waals surface area contributed by atoms with Crippen molar-refractivity contribution in [1.82, 2.24) is 9.80 Å². The van der Waals surface area contributed by atoms with E-state index in [9.17, 15) is 9.59 Å². The number of carbonyl (C=O) groups is 2. The summed E-state index contributed by atoms with van der Waals surface area (Å²) >= 11 is 6.14. The van der Waals surface area contributed by atoms with Crippen molar-refractivity contribution in [3.05, 3.63) is 58.6 Å². The number of nitrogens with one attached hydrogen (secondary N) is 1. The van der Waals surface area contributed by atoms with Gasteiger partial charge in [0.25, 0.3) is 5.91 Å². The molecule has 0 aromatic heterocycles. The van der Waals surface area contributed by atoms with Gasteiger partial charge in [0.15, 0.2) is 0 Å². The Morgan fingerprint density at radius 1 is 1.06 bits per heavy atom. The predicted octanol–water partition coefficient (Wildman–Crippen LogP) is 3.75. The van der Waals surface area contributed by atoms with E-state index < -0.39 is 0 Å². The van der Waals surface area contributed by atoms with Crippen molar-refractivity contribution >= 4 is 34.8 Å². The average molecular weight is 455 g/mol. The van der Waals surface area contributed by atoms with E-state index in [1.165, 1.54) is 0 Å². The summed E-state index contributed by atoms with van der Waals surface area (Å²) in [5.74, 6) is 1.08. The molecule has 7 heteroatoms. The molecule has 0 spiro atoms. The van der Waals surface area contributed by atoms with Crippen molar-refractivity contribution in [1.29, 1.82) is 0 Å². The van der Waals surface area contributed by atoms with E-state index in [4.69, 9.17) is 11.6 Å². The molecule has 2 aliphatic rings. The highest BCUT2D eigenvalue weighted by Crippen LogP contribution is 2.32. The third kappa shape index (κ3) is 5.08. The Morgan fingerprint density at radius 2 is 1.78 bits per heavy atom. The zero-order valence-electron chi connectivity index (χ0n) is 19.0. The van der Waals surface area contributed by atoms with Crippen LogP contribution in [0.4, 0.5) is 11.4 Å². The van der Waals surface area contributed by atoms with Gasteiger partial charge in [0.1, 0.15) is 0 Å². The number of anilines is 2. The summed E-state index contributed by atoms with van der Waals surface area (Å²) < 4.78 is 0. The van der Waals surface area contributed by atoms with Gasteiger partial charge in [-0.15, -0.1) is 0 Å². The summed E-state index contributed by atoms with van der Waals surface area (Å²) in [5.41, 5.74) is 3.51. The Bertz CT molecular complexity index is 995. The van der Waals surface area contributed by atoms with Crippen LogP contribution in [0.2, 0.25) is 5.02 Å². The largest absolute Gasteiger partial charge is 0.378 e. The fraction of sp³-hybridized carbons (Fsp3) is 0.440. The fourth-order valence-corrected chi connectivity index (χ4v) is 4.87. The normalized spacial score (nSPS) is 20.3. The number of fused-ring (bicyclic) bond motifs is 1. The molecular formula is C25H31ClN4O2. The number of halogens is 1. The van der Waals surface area contributed by atoms with Crippen LogP contribution >= 0.6 is 11.6 Å². The van der Waals surface area contributed by atoms with Crippen LogP contribution in [0.1, 0.15) is 22.3 Å². The molecule has 170 valence electrons. The van der Waals surface area contributed by atoms with Crippen LogP contribution in [0.15, 0.2) is 42.5 Å². The van der Waals surface area contributed by atoms with E-state index in [1.54, 1.807) is 6.07 Å². The Kier molecular flexibility index (Phi) is 6.72. The molecule has 2 atom stereocenters. The van der Waals surface area contributed by atoms with Gasteiger partial charge < -0.3 is 20.0 Å². The second kappa shape index (κ2) is 9.51. The first-order valence-corrected chi connectivity index (χ1v) is 11.5. The number of benzene rings is 2. The topological polar surface area (TPSA) is 55.9 Å². The first-order valence-electron chi connectivity index (χ1n) is 11.1.